The summed E-state index contributed by atoms with van der Waals surface area (Å²) in [4.78, 5) is 25.3. The number of anilines is 2. The van der Waals surface area contributed by atoms with Crippen molar-refractivity contribution >= 4 is 40.0 Å². The number of rotatable bonds is 14. The molecule has 47 heavy (non-hydrogen) atoms. The van der Waals surface area contributed by atoms with Crippen molar-refractivity contribution in [3.63, 3.8) is 0 Å². The van der Waals surface area contributed by atoms with Gasteiger partial charge in [-0.25, -0.2) is 18.7 Å². The molecule has 5 aromatic rings. The lowest BCUT2D eigenvalue weighted by molar-refractivity contribution is -0.146. The van der Waals surface area contributed by atoms with E-state index < -0.39 is 23.6 Å². The van der Waals surface area contributed by atoms with E-state index in [2.05, 4.69) is 20.4 Å². The summed E-state index contributed by atoms with van der Waals surface area (Å²) in [6.45, 7) is 5.82. The third-order valence-electron chi connectivity index (χ3n) is 7.16. The van der Waals surface area contributed by atoms with Gasteiger partial charge in [0.15, 0.2) is 17.4 Å². The normalized spacial score (nSPS) is 11.9. The number of esters is 1. The van der Waals surface area contributed by atoms with Gasteiger partial charge < -0.3 is 25.3 Å². The molecule has 11 nitrogen and oxygen atoms in total. The summed E-state index contributed by atoms with van der Waals surface area (Å²) < 4.78 is 48.0. The van der Waals surface area contributed by atoms with Crippen LogP contribution in [-0.2, 0) is 16.1 Å². The number of nitrogens with one attached hydrogen (secondary N) is 1. The van der Waals surface area contributed by atoms with Gasteiger partial charge in [0.2, 0.25) is 0 Å². The van der Waals surface area contributed by atoms with Crippen molar-refractivity contribution in [3.8, 4) is 23.0 Å². The number of nitrogens with zero attached hydrogens (tertiary/aromatic N) is 5. The molecule has 0 aliphatic carbocycles. The lowest BCUT2D eigenvalue weighted by Gasteiger charge is -2.15. The molecule has 3 aromatic heterocycles. The largest absolute Gasteiger partial charge is 0.494 e. The quantitative estimate of drug-likeness (QED) is 0.103. The standard InChI is InChI=1S/C33H34ClF2N7O4/c1-4-45-20-14-24(35)22(25(36)15-20)18-43-27-9-6-5-8-21(27)30(42-43)32-39-17-28(31(41-32)40-26-10-11-38-16-23(26)34)46-12-7-13-47-33(44)29(37)19(2)3/h5-6,8-11,14-17,19,29H,4,7,12-13,18,37H2,1-3H3,(H,38,39,40,41)/t29-/m0/s1. The number of carbonyl (C=O) groups is 1. The Labute approximate surface area is 275 Å². The van der Waals surface area contributed by atoms with E-state index in [1.54, 1.807) is 31.3 Å². The summed E-state index contributed by atoms with van der Waals surface area (Å²) >= 11 is 6.36. The molecule has 0 amide bonds. The van der Waals surface area contributed by atoms with Crippen molar-refractivity contribution in [1.82, 2.24) is 24.7 Å². The van der Waals surface area contributed by atoms with Gasteiger partial charge in [0.1, 0.15) is 29.1 Å². The molecule has 0 bridgehead atoms. The molecule has 5 rings (SSSR count). The van der Waals surface area contributed by atoms with E-state index in [4.69, 9.17) is 36.5 Å². The number of benzene rings is 2. The minimum Gasteiger partial charge on any atom is -0.494 e. The first-order chi connectivity index (χ1) is 22.7. The molecule has 14 heteroatoms. The van der Waals surface area contributed by atoms with Gasteiger partial charge in [-0.1, -0.05) is 43.6 Å². The van der Waals surface area contributed by atoms with Gasteiger partial charge in [0, 0.05) is 41.9 Å². The van der Waals surface area contributed by atoms with E-state index in [0.29, 0.717) is 39.5 Å². The molecule has 1 atom stereocenters. The van der Waals surface area contributed by atoms with Crippen molar-refractivity contribution in [3.05, 3.63) is 83.3 Å². The van der Waals surface area contributed by atoms with E-state index >= 15 is 0 Å². The van der Waals surface area contributed by atoms with Gasteiger partial charge in [-0.05, 0) is 25.0 Å². The van der Waals surface area contributed by atoms with Crippen LogP contribution in [0.3, 0.4) is 0 Å². The van der Waals surface area contributed by atoms with Crippen molar-refractivity contribution < 1.29 is 27.8 Å². The van der Waals surface area contributed by atoms with Crippen LogP contribution >= 0.6 is 11.6 Å². The zero-order valence-corrected chi connectivity index (χ0v) is 26.8. The highest BCUT2D eigenvalue weighted by Crippen LogP contribution is 2.33. The smallest absolute Gasteiger partial charge is 0.323 e. The van der Waals surface area contributed by atoms with E-state index in [1.165, 1.54) is 17.1 Å². The first-order valence-electron chi connectivity index (χ1n) is 15.0. The Balaban J connectivity index is 1.43. The number of ether oxygens (including phenoxy) is 3. The van der Waals surface area contributed by atoms with Crippen LogP contribution in [0.5, 0.6) is 11.5 Å². The molecule has 0 aliphatic rings. The number of halogens is 3. The average Bonchev–Trinajstić information content (AvgIpc) is 3.42. The van der Waals surface area contributed by atoms with E-state index in [-0.39, 0.29) is 55.2 Å². The van der Waals surface area contributed by atoms with Crippen LogP contribution in [0, 0.1) is 17.6 Å². The number of hydrogen-bond donors (Lipinski definition) is 2. The Morgan fingerprint density at radius 3 is 2.57 bits per heavy atom. The van der Waals surface area contributed by atoms with Gasteiger partial charge in [-0.3, -0.25) is 14.5 Å². The van der Waals surface area contributed by atoms with Crippen molar-refractivity contribution in [2.45, 2.75) is 39.8 Å². The van der Waals surface area contributed by atoms with Gasteiger partial charge >= 0.3 is 5.97 Å². The summed E-state index contributed by atoms with van der Waals surface area (Å²) in [5.74, 6) is -1.08. The molecule has 0 radical (unpaired) electrons. The Bertz CT molecular complexity index is 1850. The van der Waals surface area contributed by atoms with Gasteiger partial charge in [-0.15, -0.1) is 0 Å². The van der Waals surface area contributed by atoms with Crippen LogP contribution in [-0.4, -0.2) is 56.6 Å². The van der Waals surface area contributed by atoms with Crippen LogP contribution in [0.2, 0.25) is 5.02 Å². The third kappa shape index (κ3) is 7.92. The highest BCUT2D eigenvalue weighted by Gasteiger charge is 2.21. The van der Waals surface area contributed by atoms with Gasteiger partial charge in [0.25, 0.3) is 0 Å². The molecule has 0 saturated heterocycles. The maximum atomic E-state index is 15.0. The molecule has 246 valence electrons. The fourth-order valence-corrected chi connectivity index (χ4v) is 4.78. The van der Waals surface area contributed by atoms with E-state index in [1.807, 2.05) is 26.0 Å². The maximum absolute atomic E-state index is 15.0. The Hall–Kier alpha value is -4.88. The summed E-state index contributed by atoms with van der Waals surface area (Å²) in [5.41, 5.74) is 7.21. The van der Waals surface area contributed by atoms with E-state index in [0.717, 1.165) is 12.1 Å². The number of aromatic nitrogens is 5. The van der Waals surface area contributed by atoms with Crippen LogP contribution in [0.15, 0.2) is 61.1 Å². The number of pyridine rings is 1. The van der Waals surface area contributed by atoms with Crippen LogP contribution in [0.25, 0.3) is 22.4 Å². The number of nitrogens with two attached hydrogens (primary N) is 1. The Kier molecular flexibility index (Phi) is 10.8. The fourth-order valence-electron chi connectivity index (χ4n) is 4.61. The molecule has 0 unspecified atom stereocenters. The maximum Gasteiger partial charge on any atom is 0.323 e. The second-order valence-corrected chi connectivity index (χ2v) is 11.3. The zero-order valence-electron chi connectivity index (χ0n) is 26.0. The van der Waals surface area contributed by atoms with Crippen molar-refractivity contribution in [2.24, 2.45) is 11.7 Å². The predicted molar refractivity (Wildman–Crippen MR) is 174 cm³/mol. The van der Waals surface area contributed by atoms with Gasteiger partial charge in [0.05, 0.1) is 48.8 Å². The van der Waals surface area contributed by atoms with Crippen LogP contribution in [0.1, 0.15) is 32.8 Å². The topological polar surface area (TPSA) is 139 Å². The number of carbonyl (C=O) groups excluding carboxylic acids is 1. The number of hydrogen-bond acceptors (Lipinski definition) is 10. The molecule has 2 aromatic carbocycles. The molecule has 0 aliphatic heterocycles. The molecule has 0 fully saturated rings. The number of para-hydroxylation sites is 1. The minimum atomic E-state index is -0.745. The molecule has 0 saturated carbocycles. The van der Waals surface area contributed by atoms with E-state index in [9.17, 15) is 13.6 Å². The minimum absolute atomic E-state index is 0.0406. The monoisotopic (exact) mass is 665 g/mol. The summed E-state index contributed by atoms with van der Waals surface area (Å²) in [6.07, 6.45) is 4.93. The van der Waals surface area contributed by atoms with Crippen molar-refractivity contribution in [2.75, 3.05) is 25.1 Å². The highest BCUT2D eigenvalue weighted by atomic mass is 35.5. The molecular formula is C33H34ClF2N7O4. The SMILES string of the molecule is CCOc1cc(F)c(Cn2nc(-c3ncc(OCCCOC(=O)[C@@H](N)C(C)C)c(Nc4ccncc4Cl)n3)c3ccccc32)c(F)c1. The first-order valence-corrected chi connectivity index (χ1v) is 15.4. The highest BCUT2D eigenvalue weighted by molar-refractivity contribution is 6.33. The molecule has 3 N–H and O–H groups in total. The Morgan fingerprint density at radius 1 is 1.09 bits per heavy atom. The van der Waals surface area contributed by atoms with Crippen LogP contribution < -0.4 is 20.5 Å². The lowest BCUT2D eigenvalue weighted by atomic mass is 10.1. The third-order valence-corrected chi connectivity index (χ3v) is 7.47. The van der Waals surface area contributed by atoms with Crippen molar-refractivity contribution in [1.29, 1.82) is 0 Å². The summed E-state index contributed by atoms with van der Waals surface area (Å²) in [5, 5.41) is 8.87. The number of fused-ring (bicyclic) bond motifs is 1. The van der Waals surface area contributed by atoms with Crippen LogP contribution in [0.4, 0.5) is 20.3 Å². The summed E-state index contributed by atoms with van der Waals surface area (Å²) in [7, 11) is 0. The molecule has 3 heterocycles. The Morgan fingerprint density at radius 2 is 1.85 bits per heavy atom. The fraction of sp³-hybridized carbons (Fsp3) is 0.303. The lowest BCUT2D eigenvalue weighted by Crippen LogP contribution is -2.37. The zero-order chi connectivity index (χ0) is 33.5. The molecular weight excluding hydrogens is 632 g/mol. The predicted octanol–water partition coefficient (Wildman–Crippen LogP) is 6.31. The second-order valence-electron chi connectivity index (χ2n) is 10.8. The second kappa shape index (κ2) is 15.1. The average molecular weight is 666 g/mol. The van der Waals surface area contributed by atoms with Gasteiger partial charge in [-0.2, -0.15) is 5.10 Å². The summed E-state index contributed by atoms with van der Waals surface area (Å²) in [6, 6.07) is 10.5. The molecule has 0 spiro atoms. The first kappa shape index (κ1) is 33.5.